The molecule has 1 aliphatic carbocycles. The van der Waals surface area contributed by atoms with E-state index < -0.39 is 8.32 Å². The Bertz CT molecular complexity index is 288. The first-order valence-corrected chi connectivity index (χ1v) is 10.5. The molecule has 0 unspecified atom stereocenters. The second kappa shape index (κ2) is 7.36. The van der Waals surface area contributed by atoms with Crippen molar-refractivity contribution < 1.29 is 19.0 Å². The number of aliphatic hydroxyl groups excluding tert-OH is 1. The molecule has 0 spiro atoms. The normalized spacial score (nSPS) is 28.1. The molecule has 1 N–H and O–H groups in total. The topological polar surface area (TPSA) is 47.9 Å². The number of aliphatic hydroxyl groups is 1. The molecule has 0 aliphatic heterocycles. The summed E-state index contributed by atoms with van der Waals surface area (Å²) in [5.74, 6) is 0.575. The van der Waals surface area contributed by atoms with Crippen LogP contribution in [0, 0.1) is 11.8 Å². The lowest BCUT2D eigenvalue weighted by molar-refractivity contribution is -0.0934. The molecule has 0 saturated heterocycles. The number of methoxy groups -OCH3 is 1. The summed E-state index contributed by atoms with van der Waals surface area (Å²) in [5.41, 5.74) is 0. The molecule has 1 saturated carbocycles. The minimum Gasteiger partial charge on any atom is -0.416 e. The Morgan fingerprint density at radius 2 is 1.85 bits per heavy atom. The summed E-state index contributed by atoms with van der Waals surface area (Å²) in [6.45, 7) is 12.5. The average molecular weight is 305 g/mol. The van der Waals surface area contributed by atoms with Crippen molar-refractivity contribution in [2.24, 2.45) is 11.8 Å². The van der Waals surface area contributed by atoms with Gasteiger partial charge in [0.2, 0.25) is 0 Å². The van der Waals surface area contributed by atoms with Crippen LogP contribution in [0.25, 0.3) is 0 Å². The highest BCUT2D eigenvalue weighted by Gasteiger charge is 2.41. The Labute approximate surface area is 124 Å². The molecule has 20 heavy (non-hydrogen) atoms. The van der Waals surface area contributed by atoms with Gasteiger partial charge >= 0.3 is 0 Å². The predicted octanol–water partition coefficient (Wildman–Crippen LogP) is 3.02. The second-order valence-electron chi connectivity index (χ2n) is 7.37. The zero-order valence-corrected chi connectivity index (χ0v) is 14.9. The third-order valence-electron chi connectivity index (χ3n) is 4.98. The molecule has 5 heteroatoms. The number of rotatable bonds is 7. The van der Waals surface area contributed by atoms with Gasteiger partial charge in [0.1, 0.15) is 6.79 Å². The number of hydrogen-bond acceptors (Lipinski definition) is 4. The summed E-state index contributed by atoms with van der Waals surface area (Å²) in [6.07, 6.45) is 2.15. The Morgan fingerprint density at radius 3 is 2.35 bits per heavy atom. The van der Waals surface area contributed by atoms with E-state index in [-0.39, 0.29) is 23.7 Å². The highest BCUT2D eigenvalue weighted by atomic mass is 28.4. The van der Waals surface area contributed by atoms with Crippen LogP contribution in [0.2, 0.25) is 18.1 Å². The third-order valence-corrected chi connectivity index (χ3v) is 9.48. The van der Waals surface area contributed by atoms with Crippen LogP contribution in [0.3, 0.4) is 0 Å². The van der Waals surface area contributed by atoms with E-state index >= 15 is 0 Å². The van der Waals surface area contributed by atoms with Gasteiger partial charge in [-0.25, -0.2) is 0 Å². The first-order chi connectivity index (χ1) is 9.23. The third kappa shape index (κ3) is 4.53. The molecule has 1 fully saturated rings. The van der Waals surface area contributed by atoms with Crippen LogP contribution < -0.4 is 0 Å². The second-order valence-corrected chi connectivity index (χ2v) is 12.2. The van der Waals surface area contributed by atoms with Crippen LogP contribution in [-0.4, -0.2) is 46.6 Å². The fraction of sp³-hybridized carbons (Fsp3) is 1.00. The molecule has 0 heterocycles. The van der Waals surface area contributed by atoms with Crippen LogP contribution in [0.1, 0.15) is 33.6 Å². The molecule has 0 radical (unpaired) electrons. The maximum atomic E-state index is 9.54. The molecule has 0 aromatic rings. The van der Waals surface area contributed by atoms with Gasteiger partial charge in [0, 0.05) is 26.2 Å². The monoisotopic (exact) mass is 304 g/mol. The summed E-state index contributed by atoms with van der Waals surface area (Å²) in [4.78, 5) is 0. The molecule has 0 amide bonds. The van der Waals surface area contributed by atoms with Gasteiger partial charge in [0.05, 0.1) is 6.10 Å². The standard InChI is InChI=1S/C15H32O4Si/c1-15(2,3)20(5,6)19-10-13-12(9-16)7-8-14(13)18-11-17-4/h12-14,16H,7-11H2,1-6H3/t12-,13+,14-/m0/s1. The SMILES string of the molecule is COCO[C@H]1CC[C@@H](CO)[C@H]1CO[Si](C)(C)C(C)(C)C. The van der Waals surface area contributed by atoms with Crippen LogP contribution in [0.4, 0.5) is 0 Å². The maximum absolute atomic E-state index is 9.54. The van der Waals surface area contributed by atoms with Crippen molar-refractivity contribution in [3.63, 3.8) is 0 Å². The van der Waals surface area contributed by atoms with Crippen molar-refractivity contribution >= 4 is 8.32 Å². The molecular weight excluding hydrogens is 272 g/mol. The van der Waals surface area contributed by atoms with Gasteiger partial charge in [-0.2, -0.15) is 0 Å². The Morgan fingerprint density at radius 1 is 1.20 bits per heavy atom. The van der Waals surface area contributed by atoms with Crippen molar-refractivity contribution in [1.29, 1.82) is 0 Å². The lowest BCUT2D eigenvalue weighted by Gasteiger charge is -2.38. The van der Waals surface area contributed by atoms with Crippen molar-refractivity contribution in [1.82, 2.24) is 0 Å². The van der Waals surface area contributed by atoms with Gasteiger partial charge in [-0.1, -0.05) is 20.8 Å². The molecule has 0 aromatic heterocycles. The Hall–Kier alpha value is 0.0569. The van der Waals surface area contributed by atoms with Gasteiger partial charge in [0.25, 0.3) is 0 Å². The maximum Gasteiger partial charge on any atom is 0.191 e. The quantitative estimate of drug-likeness (QED) is 0.580. The smallest absolute Gasteiger partial charge is 0.191 e. The molecule has 4 nitrogen and oxygen atoms in total. The summed E-state index contributed by atoms with van der Waals surface area (Å²) in [7, 11) is -0.106. The fourth-order valence-electron chi connectivity index (χ4n) is 2.46. The predicted molar refractivity (Wildman–Crippen MR) is 83.2 cm³/mol. The molecule has 0 aromatic carbocycles. The lowest BCUT2D eigenvalue weighted by atomic mass is 9.97. The Kier molecular flexibility index (Phi) is 6.66. The Balaban J connectivity index is 2.61. The van der Waals surface area contributed by atoms with Gasteiger partial charge in [-0.05, 0) is 36.9 Å². The lowest BCUT2D eigenvalue weighted by Crippen LogP contribution is -2.43. The van der Waals surface area contributed by atoms with E-state index in [0.717, 1.165) is 12.8 Å². The summed E-state index contributed by atoms with van der Waals surface area (Å²) in [5, 5.41) is 9.75. The van der Waals surface area contributed by atoms with E-state index in [4.69, 9.17) is 13.9 Å². The first-order valence-electron chi connectivity index (χ1n) is 7.58. The fourth-order valence-corrected chi connectivity index (χ4v) is 3.51. The van der Waals surface area contributed by atoms with Gasteiger partial charge in [-0.15, -0.1) is 0 Å². The minimum absolute atomic E-state index is 0.150. The van der Waals surface area contributed by atoms with Crippen LogP contribution in [0.5, 0.6) is 0 Å². The highest BCUT2D eigenvalue weighted by molar-refractivity contribution is 6.74. The van der Waals surface area contributed by atoms with Crippen molar-refractivity contribution in [2.45, 2.75) is 57.8 Å². The zero-order chi connectivity index (χ0) is 15.4. The van der Waals surface area contributed by atoms with E-state index in [9.17, 15) is 5.11 Å². The number of hydrogen-bond donors (Lipinski definition) is 1. The summed E-state index contributed by atoms with van der Waals surface area (Å²) >= 11 is 0. The number of ether oxygens (including phenoxy) is 2. The van der Waals surface area contributed by atoms with Crippen LogP contribution in [-0.2, 0) is 13.9 Å². The molecule has 1 aliphatic rings. The van der Waals surface area contributed by atoms with Crippen molar-refractivity contribution in [3.05, 3.63) is 0 Å². The van der Waals surface area contributed by atoms with Crippen LogP contribution >= 0.6 is 0 Å². The van der Waals surface area contributed by atoms with E-state index in [2.05, 4.69) is 33.9 Å². The van der Waals surface area contributed by atoms with Crippen molar-refractivity contribution in [2.75, 3.05) is 27.1 Å². The highest BCUT2D eigenvalue weighted by Crippen LogP contribution is 2.39. The molecule has 0 bridgehead atoms. The van der Waals surface area contributed by atoms with Crippen LogP contribution in [0.15, 0.2) is 0 Å². The van der Waals surface area contributed by atoms with Gasteiger partial charge in [0.15, 0.2) is 8.32 Å². The first kappa shape index (κ1) is 18.1. The average Bonchev–Trinajstić information content (AvgIpc) is 2.74. The van der Waals surface area contributed by atoms with Gasteiger partial charge < -0.3 is 19.0 Å². The van der Waals surface area contributed by atoms with E-state index in [0.29, 0.717) is 19.3 Å². The van der Waals surface area contributed by atoms with Crippen molar-refractivity contribution in [3.8, 4) is 0 Å². The van der Waals surface area contributed by atoms with E-state index in [1.54, 1.807) is 7.11 Å². The molecule has 120 valence electrons. The van der Waals surface area contributed by atoms with Gasteiger partial charge in [-0.3, -0.25) is 0 Å². The largest absolute Gasteiger partial charge is 0.416 e. The van der Waals surface area contributed by atoms with E-state index in [1.807, 2.05) is 0 Å². The summed E-state index contributed by atoms with van der Waals surface area (Å²) < 4.78 is 17.1. The summed E-state index contributed by atoms with van der Waals surface area (Å²) in [6, 6.07) is 0. The van der Waals surface area contributed by atoms with E-state index in [1.165, 1.54) is 0 Å². The molecular formula is C15H32O4Si. The minimum atomic E-state index is -1.74. The molecule has 3 atom stereocenters. The molecule has 1 rings (SSSR count). The zero-order valence-electron chi connectivity index (χ0n) is 13.9.